The van der Waals surface area contributed by atoms with Crippen molar-refractivity contribution in [3.05, 3.63) is 35.9 Å². The lowest BCUT2D eigenvalue weighted by Crippen LogP contribution is -2.41. The van der Waals surface area contributed by atoms with E-state index in [1.165, 1.54) is 5.56 Å². The molecule has 2 heteroatoms. The van der Waals surface area contributed by atoms with Gasteiger partial charge in [0.15, 0.2) is 0 Å². The number of rotatable bonds is 5. The zero-order valence-corrected chi connectivity index (χ0v) is 9.66. The molecule has 1 unspecified atom stereocenters. The van der Waals surface area contributed by atoms with Crippen LogP contribution in [0.5, 0.6) is 0 Å². The van der Waals surface area contributed by atoms with Gasteiger partial charge in [0.25, 0.3) is 0 Å². The van der Waals surface area contributed by atoms with Crippen LogP contribution in [-0.2, 0) is 11.2 Å². The first-order valence-electron chi connectivity index (χ1n) is 5.40. The summed E-state index contributed by atoms with van der Waals surface area (Å²) in [7, 11) is 0. The summed E-state index contributed by atoms with van der Waals surface area (Å²) in [5.74, 6) is 0.201. The van der Waals surface area contributed by atoms with Crippen molar-refractivity contribution < 1.29 is 4.79 Å². The maximum atomic E-state index is 11.4. The highest BCUT2D eigenvalue weighted by atomic mass is 16.1. The van der Waals surface area contributed by atoms with Crippen molar-refractivity contribution in [2.45, 2.75) is 39.3 Å². The van der Waals surface area contributed by atoms with Crippen molar-refractivity contribution in [1.29, 1.82) is 0 Å². The lowest BCUT2D eigenvalue weighted by molar-refractivity contribution is -0.119. The second kappa shape index (κ2) is 5.66. The van der Waals surface area contributed by atoms with Crippen molar-refractivity contribution >= 4 is 5.78 Å². The number of nitrogens with one attached hydrogen (secondary N) is 1. The molecule has 0 heterocycles. The number of Topliss-reactive ketones (excluding diaryl/α,β-unsaturated/α-hetero) is 1. The molecule has 82 valence electrons. The fourth-order valence-corrected chi connectivity index (χ4v) is 1.57. The SMILES string of the molecule is CC(=O)C(Cc1ccccc1)NC(C)C. The van der Waals surface area contributed by atoms with Gasteiger partial charge in [-0.2, -0.15) is 0 Å². The fourth-order valence-electron chi connectivity index (χ4n) is 1.57. The van der Waals surface area contributed by atoms with Gasteiger partial charge in [-0.3, -0.25) is 4.79 Å². The average Bonchev–Trinajstić information content (AvgIpc) is 2.17. The number of ketones is 1. The molecule has 0 spiro atoms. The van der Waals surface area contributed by atoms with Crippen LogP contribution in [0.2, 0.25) is 0 Å². The van der Waals surface area contributed by atoms with Crippen LogP contribution < -0.4 is 5.32 Å². The molecular weight excluding hydrogens is 186 g/mol. The van der Waals surface area contributed by atoms with E-state index in [0.717, 1.165) is 6.42 Å². The molecule has 0 aliphatic heterocycles. The summed E-state index contributed by atoms with van der Waals surface area (Å²) in [6.07, 6.45) is 0.772. The van der Waals surface area contributed by atoms with E-state index in [4.69, 9.17) is 0 Å². The third kappa shape index (κ3) is 4.26. The van der Waals surface area contributed by atoms with Gasteiger partial charge >= 0.3 is 0 Å². The van der Waals surface area contributed by atoms with Gasteiger partial charge in [-0.15, -0.1) is 0 Å². The van der Waals surface area contributed by atoms with Gasteiger partial charge < -0.3 is 5.32 Å². The number of carbonyl (C=O) groups excluding carboxylic acids is 1. The molecule has 0 saturated carbocycles. The van der Waals surface area contributed by atoms with E-state index in [9.17, 15) is 4.79 Å². The molecule has 0 aliphatic carbocycles. The third-order valence-corrected chi connectivity index (χ3v) is 2.31. The standard InChI is InChI=1S/C13H19NO/c1-10(2)14-13(11(3)15)9-12-7-5-4-6-8-12/h4-8,10,13-14H,9H2,1-3H3. The van der Waals surface area contributed by atoms with Crippen LogP contribution in [0, 0.1) is 0 Å². The van der Waals surface area contributed by atoms with E-state index >= 15 is 0 Å². The highest BCUT2D eigenvalue weighted by Crippen LogP contribution is 2.04. The van der Waals surface area contributed by atoms with E-state index in [-0.39, 0.29) is 11.8 Å². The lowest BCUT2D eigenvalue weighted by Gasteiger charge is -2.18. The van der Waals surface area contributed by atoms with Crippen molar-refractivity contribution in [1.82, 2.24) is 5.32 Å². The minimum absolute atomic E-state index is 0.0626. The third-order valence-electron chi connectivity index (χ3n) is 2.31. The van der Waals surface area contributed by atoms with E-state index < -0.39 is 0 Å². The van der Waals surface area contributed by atoms with Gasteiger partial charge in [0.1, 0.15) is 5.78 Å². The molecule has 1 aromatic carbocycles. The maximum absolute atomic E-state index is 11.4. The van der Waals surface area contributed by atoms with Gasteiger partial charge in [0.05, 0.1) is 6.04 Å². The van der Waals surface area contributed by atoms with Crippen LogP contribution in [0.25, 0.3) is 0 Å². The summed E-state index contributed by atoms with van der Waals surface area (Å²) in [6.45, 7) is 5.75. The first-order valence-corrected chi connectivity index (χ1v) is 5.40. The fraction of sp³-hybridized carbons (Fsp3) is 0.462. The highest BCUT2D eigenvalue weighted by molar-refractivity contribution is 5.81. The van der Waals surface area contributed by atoms with Gasteiger partial charge in [-0.1, -0.05) is 44.2 Å². The molecule has 0 bridgehead atoms. The Balaban J connectivity index is 2.63. The quantitative estimate of drug-likeness (QED) is 0.798. The molecule has 0 aliphatic rings. The van der Waals surface area contributed by atoms with Crippen LogP contribution >= 0.6 is 0 Å². The summed E-state index contributed by atoms with van der Waals surface area (Å²) >= 11 is 0. The number of hydrogen-bond acceptors (Lipinski definition) is 2. The Labute approximate surface area is 91.7 Å². The Bertz CT molecular complexity index is 306. The summed E-state index contributed by atoms with van der Waals surface area (Å²) in [5, 5.41) is 3.28. The van der Waals surface area contributed by atoms with Crippen LogP contribution in [0.3, 0.4) is 0 Å². The van der Waals surface area contributed by atoms with Gasteiger partial charge in [0, 0.05) is 6.04 Å². The van der Waals surface area contributed by atoms with Crippen molar-refractivity contribution in [3.63, 3.8) is 0 Å². The molecule has 1 rings (SSSR count). The number of carbonyl (C=O) groups is 1. The molecule has 2 nitrogen and oxygen atoms in total. The molecule has 15 heavy (non-hydrogen) atoms. The Morgan fingerprint density at radius 3 is 2.33 bits per heavy atom. The molecule has 0 aromatic heterocycles. The molecule has 1 N–H and O–H groups in total. The Hall–Kier alpha value is -1.15. The van der Waals surface area contributed by atoms with E-state index in [1.54, 1.807) is 6.92 Å². The minimum Gasteiger partial charge on any atom is -0.305 e. The Kier molecular flexibility index (Phi) is 4.50. The van der Waals surface area contributed by atoms with Crippen molar-refractivity contribution in [2.24, 2.45) is 0 Å². The predicted molar refractivity (Wildman–Crippen MR) is 62.9 cm³/mol. The smallest absolute Gasteiger partial charge is 0.147 e. The topological polar surface area (TPSA) is 29.1 Å². The monoisotopic (exact) mass is 205 g/mol. The first-order chi connectivity index (χ1) is 7.09. The maximum Gasteiger partial charge on any atom is 0.147 e. The summed E-state index contributed by atoms with van der Waals surface area (Å²) in [6, 6.07) is 10.4. The van der Waals surface area contributed by atoms with Crippen LogP contribution in [0.15, 0.2) is 30.3 Å². The zero-order chi connectivity index (χ0) is 11.3. The average molecular weight is 205 g/mol. The largest absolute Gasteiger partial charge is 0.305 e. The normalized spacial score (nSPS) is 12.8. The Morgan fingerprint density at radius 1 is 1.27 bits per heavy atom. The lowest BCUT2D eigenvalue weighted by atomic mass is 10.0. The van der Waals surface area contributed by atoms with E-state index in [1.807, 2.05) is 18.2 Å². The molecular formula is C13H19NO. The number of hydrogen-bond donors (Lipinski definition) is 1. The molecule has 0 saturated heterocycles. The summed E-state index contributed by atoms with van der Waals surface area (Å²) < 4.78 is 0. The molecule has 0 radical (unpaired) electrons. The summed E-state index contributed by atoms with van der Waals surface area (Å²) in [4.78, 5) is 11.4. The van der Waals surface area contributed by atoms with Gasteiger partial charge in [-0.25, -0.2) is 0 Å². The predicted octanol–water partition coefficient (Wildman–Crippen LogP) is 2.18. The van der Waals surface area contributed by atoms with E-state index in [0.29, 0.717) is 6.04 Å². The zero-order valence-electron chi connectivity index (χ0n) is 9.66. The summed E-state index contributed by atoms with van der Waals surface area (Å²) in [5.41, 5.74) is 1.20. The number of benzene rings is 1. The minimum atomic E-state index is -0.0626. The van der Waals surface area contributed by atoms with Crippen LogP contribution in [-0.4, -0.2) is 17.9 Å². The van der Waals surface area contributed by atoms with Crippen molar-refractivity contribution in [3.8, 4) is 0 Å². The second-order valence-electron chi connectivity index (χ2n) is 4.17. The first kappa shape index (κ1) is 11.9. The van der Waals surface area contributed by atoms with Crippen molar-refractivity contribution in [2.75, 3.05) is 0 Å². The van der Waals surface area contributed by atoms with Gasteiger partial charge in [-0.05, 0) is 18.9 Å². The molecule has 1 atom stereocenters. The highest BCUT2D eigenvalue weighted by Gasteiger charge is 2.14. The van der Waals surface area contributed by atoms with Gasteiger partial charge in [0.2, 0.25) is 0 Å². The van der Waals surface area contributed by atoms with E-state index in [2.05, 4.69) is 31.3 Å². The molecule has 0 fully saturated rings. The van der Waals surface area contributed by atoms with Crippen LogP contribution in [0.1, 0.15) is 26.3 Å². The molecule has 1 aromatic rings. The molecule has 0 amide bonds. The van der Waals surface area contributed by atoms with Crippen LogP contribution in [0.4, 0.5) is 0 Å². The second-order valence-corrected chi connectivity index (χ2v) is 4.17. The Morgan fingerprint density at radius 2 is 1.87 bits per heavy atom.